The van der Waals surface area contributed by atoms with Gasteiger partial charge < -0.3 is 5.32 Å². The van der Waals surface area contributed by atoms with E-state index in [9.17, 15) is 4.79 Å². The van der Waals surface area contributed by atoms with Gasteiger partial charge in [0, 0.05) is 12.5 Å². The molecule has 0 atom stereocenters. The lowest BCUT2D eigenvalue weighted by atomic mass is 9.49. The Kier molecular flexibility index (Phi) is 3.36. The number of thiocarbonyl (C=S) groups is 1. The second-order valence-electron chi connectivity index (χ2n) is 8.02. The van der Waals surface area contributed by atoms with E-state index in [1.54, 1.807) is 0 Å². The third kappa shape index (κ3) is 3.03. The van der Waals surface area contributed by atoms with Crippen molar-refractivity contribution in [3.63, 3.8) is 0 Å². The minimum absolute atomic E-state index is 0.108. The standard InChI is InChI=1S/C16H25N3OS/c20-14(18-19-15(21)17-13-1-2-13)9-16-6-10-3-11(7-16)5-12(4-10)8-16/h10-13H,1-9H2,(H,18,20)(H2,17,19,21). The summed E-state index contributed by atoms with van der Waals surface area (Å²) in [6.45, 7) is 0. The highest BCUT2D eigenvalue weighted by atomic mass is 32.1. The summed E-state index contributed by atoms with van der Waals surface area (Å²) in [6.07, 6.45) is 11.1. The molecule has 1 amide bonds. The molecule has 4 bridgehead atoms. The number of amides is 1. The van der Waals surface area contributed by atoms with Crippen LogP contribution in [0.1, 0.15) is 57.8 Å². The van der Waals surface area contributed by atoms with Crippen LogP contribution in [0.5, 0.6) is 0 Å². The Morgan fingerprint density at radius 2 is 1.57 bits per heavy atom. The summed E-state index contributed by atoms with van der Waals surface area (Å²) in [7, 11) is 0. The first-order chi connectivity index (χ1) is 10.1. The molecule has 5 aliphatic rings. The van der Waals surface area contributed by atoms with E-state index in [0.717, 1.165) is 17.8 Å². The number of hydrogen-bond donors (Lipinski definition) is 3. The van der Waals surface area contributed by atoms with Gasteiger partial charge >= 0.3 is 0 Å². The monoisotopic (exact) mass is 307 g/mol. The molecular weight excluding hydrogens is 282 g/mol. The van der Waals surface area contributed by atoms with Crippen LogP contribution < -0.4 is 16.2 Å². The van der Waals surface area contributed by atoms with E-state index in [4.69, 9.17) is 12.2 Å². The Morgan fingerprint density at radius 3 is 2.10 bits per heavy atom. The highest BCUT2D eigenvalue weighted by Crippen LogP contribution is 2.61. The summed E-state index contributed by atoms with van der Waals surface area (Å²) < 4.78 is 0. The highest BCUT2D eigenvalue weighted by Gasteiger charge is 2.51. The summed E-state index contributed by atoms with van der Waals surface area (Å²) in [6, 6.07) is 0.519. The van der Waals surface area contributed by atoms with E-state index in [1.807, 2.05) is 0 Å². The van der Waals surface area contributed by atoms with Gasteiger partial charge in [-0.2, -0.15) is 0 Å². The number of rotatable bonds is 3. The summed E-state index contributed by atoms with van der Waals surface area (Å²) >= 11 is 5.17. The number of hydrazine groups is 1. The molecule has 5 aliphatic carbocycles. The van der Waals surface area contributed by atoms with Crippen LogP contribution in [0.4, 0.5) is 0 Å². The van der Waals surface area contributed by atoms with Crippen LogP contribution in [0.2, 0.25) is 0 Å². The SMILES string of the molecule is O=C(CC12CC3CC(CC(C3)C1)C2)NNC(=S)NC1CC1. The molecule has 0 heterocycles. The molecule has 0 aromatic rings. The van der Waals surface area contributed by atoms with Crippen molar-refractivity contribution >= 4 is 23.2 Å². The van der Waals surface area contributed by atoms with Crippen LogP contribution in [0.25, 0.3) is 0 Å². The lowest BCUT2D eigenvalue weighted by Crippen LogP contribution is -2.51. The fourth-order valence-electron chi connectivity index (χ4n) is 5.47. The van der Waals surface area contributed by atoms with E-state index >= 15 is 0 Å². The zero-order chi connectivity index (χ0) is 14.4. The molecule has 3 N–H and O–H groups in total. The maximum Gasteiger partial charge on any atom is 0.238 e. The topological polar surface area (TPSA) is 53.2 Å². The van der Waals surface area contributed by atoms with Crippen LogP contribution in [-0.4, -0.2) is 17.1 Å². The minimum atomic E-state index is 0.108. The van der Waals surface area contributed by atoms with E-state index in [-0.39, 0.29) is 5.91 Å². The van der Waals surface area contributed by atoms with Crippen molar-refractivity contribution in [1.29, 1.82) is 0 Å². The van der Waals surface area contributed by atoms with Crippen LogP contribution in [0.3, 0.4) is 0 Å². The molecule has 0 spiro atoms. The number of nitrogens with one attached hydrogen (secondary N) is 3. The molecule has 4 nitrogen and oxygen atoms in total. The van der Waals surface area contributed by atoms with Crippen LogP contribution in [0, 0.1) is 23.2 Å². The molecule has 0 radical (unpaired) electrons. The van der Waals surface area contributed by atoms with Gasteiger partial charge in [-0.3, -0.25) is 15.6 Å². The van der Waals surface area contributed by atoms with Gasteiger partial charge in [0.05, 0.1) is 0 Å². The first-order valence-electron chi connectivity index (χ1n) is 8.46. The van der Waals surface area contributed by atoms with E-state index in [2.05, 4.69) is 16.2 Å². The summed E-state index contributed by atoms with van der Waals surface area (Å²) in [4.78, 5) is 12.3. The first kappa shape index (κ1) is 13.8. The highest BCUT2D eigenvalue weighted by molar-refractivity contribution is 7.80. The molecule has 0 aromatic carbocycles. The molecule has 5 rings (SSSR count). The fraction of sp³-hybridized carbons (Fsp3) is 0.875. The minimum Gasteiger partial charge on any atom is -0.359 e. The van der Waals surface area contributed by atoms with Gasteiger partial charge in [-0.25, -0.2) is 0 Å². The van der Waals surface area contributed by atoms with Gasteiger partial charge in [-0.05, 0) is 86.8 Å². The zero-order valence-corrected chi connectivity index (χ0v) is 13.3. The third-order valence-corrected chi connectivity index (χ3v) is 6.15. The zero-order valence-electron chi connectivity index (χ0n) is 12.5. The van der Waals surface area contributed by atoms with Gasteiger partial charge in [-0.15, -0.1) is 0 Å². The summed E-state index contributed by atoms with van der Waals surface area (Å²) in [5.41, 5.74) is 5.95. The Morgan fingerprint density at radius 1 is 1.00 bits per heavy atom. The third-order valence-electron chi connectivity index (χ3n) is 5.93. The van der Waals surface area contributed by atoms with Gasteiger partial charge in [0.15, 0.2) is 5.11 Å². The molecule has 0 unspecified atom stereocenters. The van der Waals surface area contributed by atoms with Crippen molar-refractivity contribution in [3.05, 3.63) is 0 Å². The Labute approximate surface area is 131 Å². The van der Waals surface area contributed by atoms with Gasteiger partial charge in [0.25, 0.3) is 0 Å². The number of carbonyl (C=O) groups is 1. The molecule has 0 aliphatic heterocycles. The normalized spacial score (nSPS) is 39.9. The van der Waals surface area contributed by atoms with Gasteiger partial charge in [0.1, 0.15) is 0 Å². The summed E-state index contributed by atoms with van der Waals surface area (Å²) in [5, 5.41) is 3.73. The predicted octanol–water partition coefficient (Wildman–Crippen LogP) is 2.25. The largest absolute Gasteiger partial charge is 0.359 e. The second kappa shape index (κ2) is 5.11. The molecule has 5 fully saturated rings. The smallest absolute Gasteiger partial charge is 0.238 e. The van der Waals surface area contributed by atoms with Crippen molar-refractivity contribution in [2.24, 2.45) is 23.2 Å². The van der Waals surface area contributed by atoms with Gasteiger partial charge in [0.2, 0.25) is 5.91 Å². The Bertz CT molecular complexity index is 425. The average Bonchev–Trinajstić information content (AvgIpc) is 3.18. The van der Waals surface area contributed by atoms with Crippen molar-refractivity contribution in [1.82, 2.24) is 16.2 Å². The quantitative estimate of drug-likeness (QED) is 0.553. The molecule has 5 saturated carbocycles. The first-order valence-corrected chi connectivity index (χ1v) is 8.86. The summed E-state index contributed by atoms with van der Waals surface area (Å²) in [5.74, 6) is 2.80. The van der Waals surface area contributed by atoms with Crippen molar-refractivity contribution in [2.45, 2.75) is 63.8 Å². The van der Waals surface area contributed by atoms with Crippen LogP contribution in [0.15, 0.2) is 0 Å². The fourth-order valence-corrected chi connectivity index (χ4v) is 5.68. The average molecular weight is 307 g/mol. The molecular formula is C16H25N3OS. The second-order valence-corrected chi connectivity index (χ2v) is 8.42. The lowest BCUT2D eigenvalue weighted by Gasteiger charge is -2.56. The lowest BCUT2D eigenvalue weighted by molar-refractivity contribution is -0.130. The molecule has 116 valence electrons. The van der Waals surface area contributed by atoms with E-state index < -0.39 is 0 Å². The van der Waals surface area contributed by atoms with Crippen molar-refractivity contribution < 1.29 is 4.79 Å². The van der Waals surface area contributed by atoms with Gasteiger partial charge in [-0.1, -0.05) is 0 Å². The van der Waals surface area contributed by atoms with Crippen molar-refractivity contribution in [3.8, 4) is 0 Å². The Hall–Kier alpha value is -0.840. The van der Waals surface area contributed by atoms with Crippen molar-refractivity contribution in [2.75, 3.05) is 0 Å². The van der Waals surface area contributed by atoms with E-state index in [1.165, 1.54) is 51.4 Å². The van der Waals surface area contributed by atoms with Crippen LogP contribution in [-0.2, 0) is 4.79 Å². The number of hydrogen-bond acceptors (Lipinski definition) is 2. The maximum atomic E-state index is 12.3. The molecule has 0 aromatic heterocycles. The molecule has 0 saturated heterocycles. The maximum absolute atomic E-state index is 12.3. The molecule has 21 heavy (non-hydrogen) atoms. The Balaban J connectivity index is 1.29. The van der Waals surface area contributed by atoms with Crippen LogP contribution >= 0.6 is 12.2 Å². The molecule has 5 heteroatoms. The predicted molar refractivity (Wildman–Crippen MR) is 85.3 cm³/mol. The van der Waals surface area contributed by atoms with E-state index in [0.29, 0.717) is 23.0 Å². The number of carbonyl (C=O) groups excluding carboxylic acids is 1.